The van der Waals surface area contributed by atoms with Gasteiger partial charge < -0.3 is 9.30 Å². The van der Waals surface area contributed by atoms with Gasteiger partial charge in [-0.2, -0.15) is 14.0 Å². The SMILES string of the molecule is CCn1cc(C#N)c2ccc(OC(F)F)cc21. The molecule has 1 aromatic carbocycles. The van der Waals surface area contributed by atoms with Crippen molar-refractivity contribution in [2.75, 3.05) is 0 Å². The van der Waals surface area contributed by atoms with Gasteiger partial charge in [-0.15, -0.1) is 0 Å². The summed E-state index contributed by atoms with van der Waals surface area (Å²) >= 11 is 0. The lowest BCUT2D eigenvalue weighted by atomic mass is 10.2. The van der Waals surface area contributed by atoms with Crippen molar-refractivity contribution in [2.24, 2.45) is 0 Å². The smallest absolute Gasteiger partial charge is 0.387 e. The third-order valence-corrected chi connectivity index (χ3v) is 2.54. The summed E-state index contributed by atoms with van der Waals surface area (Å²) < 4.78 is 30.3. The van der Waals surface area contributed by atoms with Gasteiger partial charge in [-0.05, 0) is 19.1 Å². The predicted molar refractivity (Wildman–Crippen MR) is 59.0 cm³/mol. The van der Waals surface area contributed by atoms with Crippen molar-refractivity contribution in [3.8, 4) is 11.8 Å². The van der Waals surface area contributed by atoms with E-state index in [1.54, 1.807) is 12.3 Å². The van der Waals surface area contributed by atoms with E-state index in [-0.39, 0.29) is 5.75 Å². The van der Waals surface area contributed by atoms with Crippen LogP contribution in [0.15, 0.2) is 24.4 Å². The molecule has 2 aromatic rings. The Morgan fingerprint density at radius 2 is 2.24 bits per heavy atom. The number of rotatable bonds is 3. The maximum Gasteiger partial charge on any atom is 0.387 e. The number of aromatic nitrogens is 1. The van der Waals surface area contributed by atoms with E-state index in [9.17, 15) is 8.78 Å². The fraction of sp³-hybridized carbons (Fsp3) is 0.250. The van der Waals surface area contributed by atoms with Gasteiger partial charge in [0.1, 0.15) is 11.8 Å². The van der Waals surface area contributed by atoms with Gasteiger partial charge in [-0.1, -0.05) is 0 Å². The Balaban J connectivity index is 2.56. The molecule has 0 atom stereocenters. The summed E-state index contributed by atoms with van der Waals surface area (Å²) in [5, 5.41) is 9.69. The second-order valence-corrected chi connectivity index (χ2v) is 3.50. The molecule has 0 aliphatic heterocycles. The van der Waals surface area contributed by atoms with E-state index < -0.39 is 6.61 Å². The standard InChI is InChI=1S/C12H10F2N2O/c1-2-16-7-8(6-15)10-4-3-9(5-11(10)16)17-12(13)14/h3-5,7,12H,2H2,1H3. The Morgan fingerprint density at radius 3 is 2.82 bits per heavy atom. The molecular weight excluding hydrogens is 226 g/mol. The highest BCUT2D eigenvalue weighted by molar-refractivity contribution is 5.87. The Kier molecular flexibility index (Phi) is 2.96. The monoisotopic (exact) mass is 236 g/mol. The molecule has 0 saturated carbocycles. The van der Waals surface area contributed by atoms with E-state index in [2.05, 4.69) is 10.8 Å². The first-order valence-electron chi connectivity index (χ1n) is 5.13. The first-order valence-corrected chi connectivity index (χ1v) is 5.13. The Labute approximate surface area is 96.8 Å². The van der Waals surface area contributed by atoms with Crippen molar-refractivity contribution in [3.05, 3.63) is 30.0 Å². The number of nitrogens with zero attached hydrogens (tertiary/aromatic N) is 2. The molecule has 2 rings (SSSR count). The molecule has 0 bridgehead atoms. The molecule has 0 fully saturated rings. The van der Waals surface area contributed by atoms with E-state index in [4.69, 9.17) is 5.26 Å². The zero-order valence-electron chi connectivity index (χ0n) is 9.15. The van der Waals surface area contributed by atoms with Gasteiger partial charge in [0.05, 0.1) is 11.1 Å². The summed E-state index contributed by atoms with van der Waals surface area (Å²) in [6.45, 7) is -0.259. The van der Waals surface area contributed by atoms with Crippen LogP contribution in [0.3, 0.4) is 0 Å². The lowest BCUT2D eigenvalue weighted by Gasteiger charge is -2.05. The van der Waals surface area contributed by atoms with Crippen LogP contribution in [-0.4, -0.2) is 11.2 Å². The van der Waals surface area contributed by atoms with Gasteiger partial charge in [0, 0.05) is 24.2 Å². The number of alkyl halides is 2. The third-order valence-electron chi connectivity index (χ3n) is 2.54. The molecule has 17 heavy (non-hydrogen) atoms. The Bertz CT molecular complexity index is 584. The van der Waals surface area contributed by atoms with Crippen molar-refractivity contribution in [1.82, 2.24) is 4.57 Å². The second-order valence-electron chi connectivity index (χ2n) is 3.50. The zero-order valence-corrected chi connectivity index (χ0v) is 9.15. The number of benzene rings is 1. The fourth-order valence-corrected chi connectivity index (χ4v) is 1.80. The average Bonchev–Trinajstić information content (AvgIpc) is 2.65. The minimum absolute atomic E-state index is 0.102. The maximum atomic E-state index is 12.1. The highest BCUT2D eigenvalue weighted by atomic mass is 19.3. The van der Waals surface area contributed by atoms with Crippen LogP contribution in [0, 0.1) is 11.3 Å². The van der Waals surface area contributed by atoms with E-state index in [1.165, 1.54) is 12.1 Å². The molecule has 0 aliphatic rings. The summed E-state index contributed by atoms with van der Waals surface area (Å²) in [5.41, 5.74) is 1.26. The first kappa shape index (κ1) is 11.4. The summed E-state index contributed by atoms with van der Waals surface area (Å²) in [5.74, 6) is 0.102. The second kappa shape index (κ2) is 4.42. The zero-order chi connectivity index (χ0) is 12.4. The lowest BCUT2D eigenvalue weighted by molar-refractivity contribution is -0.0497. The summed E-state index contributed by atoms with van der Waals surface area (Å²) in [7, 11) is 0. The molecule has 0 amide bonds. The van der Waals surface area contributed by atoms with Crippen LogP contribution < -0.4 is 4.74 Å². The molecule has 0 spiro atoms. The van der Waals surface area contributed by atoms with Crippen LogP contribution in [0.2, 0.25) is 0 Å². The minimum Gasteiger partial charge on any atom is -0.435 e. The molecule has 3 nitrogen and oxygen atoms in total. The van der Waals surface area contributed by atoms with Crippen LogP contribution in [0.25, 0.3) is 10.9 Å². The Morgan fingerprint density at radius 1 is 1.47 bits per heavy atom. The van der Waals surface area contributed by atoms with E-state index in [1.807, 2.05) is 11.5 Å². The number of aryl methyl sites for hydroxylation is 1. The van der Waals surface area contributed by atoms with Crippen molar-refractivity contribution < 1.29 is 13.5 Å². The number of hydrogen-bond donors (Lipinski definition) is 0. The Hall–Kier alpha value is -2.09. The molecular formula is C12H10F2N2O. The quantitative estimate of drug-likeness (QED) is 0.821. The van der Waals surface area contributed by atoms with Crippen molar-refractivity contribution >= 4 is 10.9 Å². The van der Waals surface area contributed by atoms with E-state index >= 15 is 0 Å². The summed E-state index contributed by atoms with van der Waals surface area (Å²) in [6.07, 6.45) is 1.71. The molecule has 0 saturated heterocycles. The maximum absolute atomic E-state index is 12.1. The van der Waals surface area contributed by atoms with Gasteiger partial charge >= 0.3 is 6.61 Å². The molecule has 0 radical (unpaired) electrons. The first-order chi connectivity index (χ1) is 8.15. The minimum atomic E-state index is -2.84. The molecule has 1 aromatic heterocycles. The molecule has 88 valence electrons. The van der Waals surface area contributed by atoms with E-state index in [0.29, 0.717) is 12.1 Å². The number of halogens is 2. The van der Waals surface area contributed by atoms with Gasteiger partial charge in [0.25, 0.3) is 0 Å². The molecule has 5 heteroatoms. The van der Waals surface area contributed by atoms with Crippen LogP contribution in [-0.2, 0) is 6.54 Å². The molecule has 1 heterocycles. The average molecular weight is 236 g/mol. The van der Waals surface area contributed by atoms with Gasteiger partial charge in [-0.25, -0.2) is 0 Å². The third kappa shape index (κ3) is 2.07. The summed E-state index contributed by atoms with van der Waals surface area (Å²) in [6, 6.07) is 6.66. The van der Waals surface area contributed by atoms with Gasteiger partial charge in [0.2, 0.25) is 0 Å². The van der Waals surface area contributed by atoms with E-state index in [0.717, 1.165) is 10.9 Å². The highest BCUT2D eigenvalue weighted by Crippen LogP contribution is 2.26. The van der Waals surface area contributed by atoms with Crippen molar-refractivity contribution in [1.29, 1.82) is 5.26 Å². The molecule has 0 unspecified atom stereocenters. The topological polar surface area (TPSA) is 38.0 Å². The molecule has 0 aliphatic carbocycles. The predicted octanol–water partition coefficient (Wildman–Crippen LogP) is 3.13. The number of fused-ring (bicyclic) bond motifs is 1. The van der Waals surface area contributed by atoms with Gasteiger partial charge in [-0.3, -0.25) is 0 Å². The largest absolute Gasteiger partial charge is 0.435 e. The van der Waals surface area contributed by atoms with Gasteiger partial charge in [0.15, 0.2) is 0 Å². The number of ether oxygens (including phenoxy) is 1. The van der Waals surface area contributed by atoms with Crippen molar-refractivity contribution in [2.45, 2.75) is 20.1 Å². The van der Waals surface area contributed by atoms with Crippen LogP contribution in [0.1, 0.15) is 12.5 Å². The highest BCUT2D eigenvalue weighted by Gasteiger charge is 2.10. The van der Waals surface area contributed by atoms with Crippen molar-refractivity contribution in [3.63, 3.8) is 0 Å². The number of nitriles is 1. The summed E-state index contributed by atoms with van der Waals surface area (Å²) in [4.78, 5) is 0. The molecule has 0 N–H and O–H groups in total. The normalized spacial score (nSPS) is 10.8. The number of hydrogen-bond acceptors (Lipinski definition) is 2. The lowest BCUT2D eigenvalue weighted by Crippen LogP contribution is -2.01. The van der Waals surface area contributed by atoms with Crippen LogP contribution in [0.5, 0.6) is 5.75 Å². The fourth-order valence-electron chi connectivity index (χ4n) is 1.80. The van der Waals surface area contributed by atoms with Crippen LogP contribution in [0.4, 0.5) is 8.78 Å². The van der Waals surface area contributed by atoms with Crippen LogP contribution >= 0.6 is 0 Å².